The van der Waals surface area contributed by atoms with Gasteiger partial charge in [0.05, 0.1) is 5.57 Å². The molecule has 2 aliphatic heterocycles. The first-order chi connectivity index (χ1) is 10.1. The monoisotopic (exact) mass is 362 g/mol. The van der Waals surface area contributed by atoms with Gasteiger partial charge in [0.2, 0.25) is 5.17 Å². The fraction of sp³-hybridized carbons (Fsp3) is 0.143. The van der Waals surface area contributed by atoms with Crippen LogP contribution < -0.4 is 0 Å². The molecule has 0 aliphatic carbocycles. The van der Waals surface area contributed by atoms with Gasteiger partial charge in [0.15, 0.2) is 5.84 Å². The third-order valence-corrected chi connectivity index (χ3v) is 4.50. The molecule has 0 unspecified atom stereocenters. The van der Waals surface area contributed by atoms with E-state index in [1.54, 1.807) is 6.08 Å². The maximum absolute atomic E-state index is 12.1. The molecule has 3 rings (SSSR count). The molecule has 5 nitrogen and oxygen atoms in total. The number of halogens is 1. The first-order valence-corrected chi connectivity index (χ1v) is 7.94. The van der Waals surface area contributed by atoms with Crippen molar-refractivity contribution in [1.29, 1.82) is 5.41 Å². The second kappa shape index (κ2) is 5.57. The molecule has 2 aliphatic rings. The molecule has 21 heavy (non-hydrogen) atoms. The number of fused-ring (bicyclic) bond motifs is 1. The lowest BCUT2D eigenvalue weighted by Crippen LogP contribution is -2.35. The number of nitrogens with one attached hydrogen (secondary N) is 1. The van der Waals surface area contributed by atoms with E-state index in [1.165, 1.54) is 16.8 Å². The summed E-state index contributed by atoms with van der Waals surface area (Å²) >= 11 is 4.73. The number of hydrogen-bond acceptors (Lipinski definition) is 4. The predicted molar refractivity (Wildman–Crippen MR) is 89.4 cm³/mol. The molecule has 106 valence electrons. The van der Waals surface area contributed by atoms with Crippen molar-refractivity contribution >= 4 is 55.7 Å². The largest absolute Gasteiger partial charge is 0.283 e. The van der Waals surface area contributed by atoms with E-state index < -0.39 is 5.91 Å². The van der Waals surface area contributed by atoms with E-state index in [2.05, 4.69) is 26.0 Å². The fourth-order valence-corrected chi connectivity index (χ4v) is 3.18. The number of carbonyl (C=O) groups is 1. The van der Waals surface area contributed by atoms with Crippen molar-refractivity contribution in [2.75, 3.05) is 0 Å². The van der Waals surface area contributed by atoms with Crippen molar-refractivity contribution in [1.82, 2.24) is 5.01 Å². The van der Waals surface area contributed by atoms with Crippen LogP contribution >= 0.6 is 27.7 Å². The number of benzene rings is 1. The Hall–Kier alpha value is -1.73. The summed E-state index contributed by atoms with van der Waals surface area (Å²) < 4.78 is 0.916. The molecule has 2 heterocycles. The molecule has 0 aromatic heterocycles. The molecule has 1 amide bonds. The first-order valence-electron chi connectivity index (χ1n) is 6.33. The highest BCUT2D eigenvalue weighted by molar-refractivity contribution is 9.10. The molecule has 0 bridgehead atoms. The Labute approximate surface area is 134 Å². The number of thioether (sulfide) groups is 1. The van der Waals surface area contributed by atoms with Crippen molar-refractivity contribution in [2.24, 2.45) is 10.1 Å². The SMILES string of the molecule is CCC1=NN2C(=N)/C(=C/c3cccc(Br)c3)C(=O)N=C2S1. The Morgan fingerprint density at radius 1 is 1.48 bits per heavy atom. The third-order valence-electron chi connectivity index (χ3n) is 2.96. The van der Waals surface area contributed by atoms with Gasteiger partial charge in [0.25, 0.3) is 5.91 Å². The summed E-state index contributed by atoms with van der Waals surface area (Å²) in [4.78, 5) is 16.2. The summed E-state index contributed by atoms with van der Waals surface area (Å²) in [5, 5.41) is 15.3. The average Bonchev–Trinajstić information content (AvgIpc) is 2.87. The highest BCUT2D eigenvalue weighted by Gasteiger charge is 2.34. The summed E-state index contributed by atoms with van der Waals surface area (Å²) in [6.07, 6.45) is 2.42. The lowest BCUT2D eigenvalue weighted by molar-refractivity contribution is -0.114. The maximum atomic E-state index is 12.1. The van der Waals surface area contributed by atoms with Gasteiger partial charge in [-0.05, 0) is 42.0 Å². The molecule has 0 fully saturated rings. The maximum Gasteiger partial charge on any atom is 0.283 e. The number of rotatable bonds is 2. The molecule has 1 N–H and O–H groups in total. The van der Waals surface area contributed by atoms with E-state index in [0.29, 0.717) is 5.17 Å². The number of hydrazone groups is 1. The van der Waals surface area contributed by atoms with Crippen molar-refractivity contribution in [3.05, 3.63) is 39.9 Å². The molecule has 0 radical (unpaired) electrons. The quantitative estimate of drug-likeness (QED) is 0.818. The Kier molecular flexibility index (Phi) is 3.77. The summed E-state index contributed by atoms with van der Waals surface area (Å²) in [6.45, 7) is 1.98. The van der Waals surface area contributed by atoms with Crippen LogP contribution in [0.2, 0.25) is 0 Å². The van der Waals surface area contributed by atoms with Crippen LogP contribution in [-0.4, -0.2) is 27.0 Å². The lowest BCUT2D eigenvalue weighted by atomic mass is 10.1. The lowest BCUT2D eigenvalue weighted by Gasteiger charge is -2.20. The zero-order valence-electron chi connectivity index (χ0n) is 11.1. The molecule has 1 aromatic carbocycles. The van der Waals surface area contributed by atoms with Gasteiger partial charge in [-0.15, -0.1) is 0 Å². The Balaban J connectivity index is 2.00. The van der Waals surface area contributed by atoms with E-state index >= 15 is 0 Å². The second-order valence-corrected chi connectivity index (χ2v) is 6.38. The van der Waals surface area contributed by atoms with E-state index in [1.807, 2.05) is 31.2 Å². The van der Waals surface area contributed by atoms with Crippen LogP contribution in [0.3, 0.4) is 0 Å². The zero-order chi connectivity index (χ0) is 15.0. The minimum absolute atomic E-state index is 0.0703. The van der Waals surface area contributed by atoms with Gasteiger partial charge in [-0.1, -0.05) is 35.0 Å². The molecule has 0 spiro atoms. The first kappa shape index (κ1) is 14.2. The number of nitrogens with zero attached hydrogens (tertiary/aromatic N) is 3. The van der Waals surface area contributed by atoms with Gasteiger partial charge in [-0.2, -0.15) is 15.1 Å². The highest BCUT2D eigenvalue weighted by Crippen LogP contribution is 2.29. The smallest absolute Gasteiger partial charge is 0.282 e. The van der Waals surface area contributed by atoms with Crippen LogP contribution in [0.4, 0.5) is 0 Å². The number of amidine groups is 2. The van der Waals surface area contributed by atoms with Crippen LogP contribution in [0, 0.1) is 5.41 Å². The Morgan fingerprint density at radius 2 is 2.29 bits per heavy atom. The number of aliphatic imine (C=N–C) groups is 1. The summed E-state index contributed by atoms with van der Waals surface area (Å²) in [5.41, 5.74) is 1.08. The van der Waals surface area contributed by atoms with Crippen molar-refractivity contribution in [3.8, 4) is 0 Å². The van der Waals surface area contributed by atoms with Crippen molar-refractivity contribution in [2.45, 2.75) is 13.3 Å². The van der Waals surface area contributed by atoms with Crippen LogP contribution in [0.1, 0.15) is 18.9 Å². The Morgan fingerprint density at radius 3 is 3.00 bits per heavy atom. The van der Waals surface area contributed by atoms with Crippen molar-refractivity contribution < 1.29 is 4.79 Å². The number of amides is 1. The molecular formula is C14H11BrN4OS. The van der Waals surface area contributed by atoms with Gasteiger partial charge in [0, 0.05) is 4.47 Å². The van der Waals surface area contributed by atoms with Crippen LogP contribution in [0.25, 0.3) is 6.08 Å². The van der Waals surface area contributed by atoms with Gasteiger partial charge >= 0.3 is 0 Å². The van der Waals surface area contributed by atoms with Gasteiger partial charge in [-0.3, -0.25) is 10.2 Å². The normalized spacial score (nSPS) is 19.7. The molecule has 1 aromatic rings. The van der Waals surface area contributed by atoms with Crippen LogP contribution in [0.5, 0.6) is 0 Å². The zero-order valence-corrected chi connectivity index (χ0v) is 13.5. The van der Waals surface area contributed by atoms with Crippen LogP contribution in [-0.2, 0) is 4.79 Å². The molecule has 7 heteroatoms. The number of carbonyl (C=O) groups excluding carboxylic acids is 1. The van der Waals surface area contributed by atoms with E-state index in [0.717, 1.165) is 21.5 Å². The topological polar surface area (TPSA) is 68.9 Å². The molecule has 0 saturated heterocycles. The second-order valence-electron chi connectivity index (χ2n) is 4.42. The summed E-state index contributed by atoms with van der Waals surface area (Å²) in [6, 6.07) is 7.53. The molecule has 0 saturated carbocycles. The molecular weight excluding hydrogens is 352 g/mol. The van der Waals surface area contributed by atoms with Gasteiger partial charge < -0.3 is 0 Å². The van der Waals surface area contributed by atoms with E-state index in [-0.39, 0.29) is 11.4 Å². The number of hydrogen-bond donors (Lipinski definition) is 1. The summed E-state index contributed by atoms with van der Waals surface area (Å²) in [7, 11) is 0. The Bertz CT molecular complexity index is 738. The molecule has 0 atom stereocenters. The average molecular weight is 363 g/mol. The van der Waals surface area contributed by atoms with Crippen molar-refractivity contribution in [3.63, 3.8) is 0 Å². The fourth-order valence-electron chi connectivity index (χ4n) is 1.94. The summed E-state index contributed by atoms with van der Waals surface area (Å²) in [5.74, 6) is -0.327. The van der Waals surface area contributed by atoms with E-state index in [4.69, 9.17) is 5.41 Å². The minimum atomic E-state index is -0.397. The standard InChI is InChI=1S/C14H11BrN4OS/c1-2-11-18-19-12(16)10(13(20)17-14(19)21-11)7-8-4-3-5-9(15)6-8/h3-7,16H,2H2,1H3/b10-7-,16-12?. The van der Waals surface area contributed by atoms with Gasteiger partial charge in [-0.25, -0.2) is 0 Å². The highest BCUT2D eigenvalue weighted by atomic mass is 79.9. The minimum Gasteiger partial charge on any atom is -0.282 e. The predicted octanol–water partition coefficient (Wildman–Crippen LogP) is 3.48. The van der Waals surface area contributed by atoms with Gasteiger partial charge in [0.1, 0.15) is 5.04 Å². The van der Waals surface area contributed by atoms with E-state index in [9.17, 15) is 4.79 Å². The third kappa shape index (κ3) is 2.71. The van der Waals surface area contributed by atoms with Crippen LogP contribution in [0.15, 0.2) is 44.4 Å².